The Morgan fingerprint density at radius 1 is 0.468 bits per heavy atom. The van der Waals surface area contributed by atoms with Crippen molar-refractivity contribution in [3.05, 3.63) is 48.5 Å². The van der Waals surface area contributed by atoms with Crippen LogP contribution in [0.2, 0.25) is 23.3 Å². The molecule has 1 aliphatic heterocycles. The fourth-order valence-electron chi connectivity index (χ4n) is 15.7. The first-order chi connectivity index (χ1) is 23.2. The molecule has 3 aromatic rings. The van der Waals surface area contributed by atoms with Crippen LogP contribution in [0.3, 0.4) is 0 Å². The average Bonchev–Trinajstić information content (AvgIpc) is 3.97. The van der Waals surface area contributed by atoms with E-state index in [2.05, 4.69) is 60.3 Å². The van der Waals surface area contributed by atoms with Gasteiger partial charge in [0.25, 0.3) is 0 Å². The molecule has 3 heteroatoms. The zero-order chi connectivity index (χ0) is 30.4. The van der Waals surface area contributed by atoms with E-state index in [1.54, 1.807) is 57.2 Å². The molecule has 0 radical (unpaired) electrons. The van der Waals surface area contributed by atoms with Gasteiger partial charge in [0.1, 0.15) is 0 Å². The fourth-order valence-corrected chi connectivity index (χ4v) is 16.9. The van der Waals surface area contributed by atoms with Crippen LogP contribution in [0, 0.1) is 47.3 Å². The lowest BCUT2D eigenvalue weighted by molar-refractivity contribution is 0.441. The Bertz CT molecular complexity index is 1710. The third-order valence-corrected chi connectivity index (χ3v) is 18.4. The van der Waals surface area contributed by atoms with Crippen molar-refractivity contribution in [3.8, 4) is 11.1 Å². The van der Waals surface area contributed by atoms with Crippen LogP contribution < -0.4 is 10.9 Å². The first-order valence-corrected chi connectivity index (χ1v) is 21.4. The van der Waals surface area contributed by atoms with Crippen molar-refractivity contribution in [1.29, 1.82) is 0 Å². The van der Waals surface area contributed by atoms with Crippen molar-refractivity contribution in [1.82, 2.24) is 0 Å². The van der Waals surface area contributed by atoms with E-state index in [0.29, 0.717) is 0 Å². The molecule has 47 heavy (non-hydrogen) atoms. The summed E-state index contributed by atoms with van der Waals surface area (Å²) in [6, 6.07) is 20.8. The number of hydrogen-bond acceptors (Lipinski definition) is 1. The largest absolute Gasteiger partial charge is 0.183 e. The lowest BCUT2D eigenvalue weighted by atomic mass is 9.26. The predicted molar refractivity (Wildman–Crippen MR) is 201 cm³/mol. The second-order valence-corrected chi connectivity index (χ2v) is 20.2. The third kappa shape index (κ3) is 4.17. The highest BCUT2D eigenvalue weighted by Gasteiger charge is 2.54. The second-order valence-electron chi connectivity index (χ2n) is 19.1. The number of benzene rings is 3. The minimum Gasteiger partial charge on any atom is -0.0888 e. The van der Waals surface area contributed by atoms with E-state index in [0.717, 1.165) is 84.0 Å². The lowest BCUT2D eigenvalue weighted by Crippen LogP contribution is -2.44. The minimum absolute atomic E-state index is 0.794. The summed E-state index contributed by atoms with van der Waals surface area (Å²) in [5.41, 5.74) is 6.56. The Balaban J connectivity index is 0.951. The standard InChI is InChI=1S/C44H52B2S/c1-2-36-37(46(40-22-27-6-10-31(40)18-27)41-23-28-7-11-32(41)19-28)15-14-35-34-13-12-33(24-43(34)47-42(3-1)44(35)36)45(38-20-25-4-8-29(38)16-25)39-21-26-5-9-30(39)17-26/h1-3,12-15,24-32,38-41H,4-11,16-23H2. The van der Waals surface area contributed by atoms with Crippen LogP contribution in [0.5, 0.6) is 0 Å². The molecule has 12 atom stereocenters. The highest BCUT2D eigenvalue weighted by molar-refractivity contribution is 7.99. The van der Waals surface area contributed by atoms with Gasteiger partial charge in [-0.15, -0.1) is 0 Å². The predicted octanol–water partition coefficient (Wildman–Crippen LogP) is 11.1. The van der Waals surface area contributed by atoms with Gasteiger partial charge in [0.15, 0.2) is 13.4 Å². The first-order valence-electron chi connectivity index (χ1n) is 20.6. The summed E-state index contributed by atoms with van der Waals surface area (Å²) in [4.78, 5) is 3.10. The van der Waals surface area contributed by atoms with E-state index in [4.69, 9.17) is 0 Å². The van der Waals surface area contributed by atoms with Gasteiger partial charge < -0.3 is 0 Å². The summed E-state index contributed by atoms with van der Waals surface area (Å²) in [6.07, 6.45) is 24.5. The Morgan fingerprint density at radius 2 is 1.00 bits per heavy atom. The highest BCUT2D eigenvalue weighted by Crippen LogP contribution is 2.62. The maximum Gasteiger partial charge on any atom is 0.183 e. The molecule has 8 bridgehead atoms. The number of rotatable bonds is 6. The van der Waals surface area contributed by atoms with Crippen LogP contribution in [0.1, 0.15) is 103 Å². The van der Waals surface area contributed by atoms with Crippen molar-refractivity contribution in [2.75, 3.05) is 0 Å². The molecule has 8 fully saturated rings. The molecule has 0 N–H and O–H groups in total. The monoisotopic (exact) mass is 634 g/mol. The van der Waals surface area contributed by atoms with Gasteiger partial charge in [0, 0.05) is 15.2 Å². The minimum atomic E-state index is 0.794. The SMILES string of the molecule is c1cc2c3c(ccc(B(C4CC5CCC4C5)C4CC5CCC4C5)c3c1)-c1ccc(B(C3CC4CCC3C4)C3CC4CCC3C4)cc1S2. The summed E-state index contributed by atoms with van der Waals surface area (Å²) < 4.78 is 0. The molecule has 9 aliphatic rings. The van der Waals surface area contributed by atoms with Gasteiger partial charge in [-0.25, -0.2) is 0 Å². The molecule has 12 rings (SSSR count). The Labute approximate surface area is 288 Å². The van der Waals surface area contributed by atoms with E-state index in [9.17, 15) is 0 Å². The second kappa shape index (κ2) is 10.5. The van der Waals surface area contributed by atoms with Gasteiger partial charge in [0.2, 0.25) is 0 Å². The van der Waals surface area contributed by atoms with Crippen molar-refractivity contribution in [2.45, 2.75) is 136 Å². The van der Waals surface area contributed by atoms with Crippen molar-refractivity contribution < 1.29 is 0 Å². The van der Waals surface area contributed by atoms with Crippen LogP contribution in [-0.2, 0) is 0 Å². The smallest absolute Gasteiger partial charge is 0.0888 e. The van der Waals surface area contributed by atoms with Gasteiger partial charge in [-0.05, 0) is 95.6 Å². The maximum atomic E-state index is 2.74. The number of fused-ring (bicyclic) bond motifs is 10. The Hall–Kier alpha value is -1.60. The molecular weight excluding hydrogens is 582 g/mol. The molecule has 1 heterocycles. The molecule has 0 amide bonds. The van der Waals surface area contributed by atoms with Crippen molar-refractivity contribution in [3.63, 3.8) is 0 Å². The summed E-state index contributed by atoms with van der Waals surface area (Å²) in [7, 11) is 0. The van der Waals surface area contributed by atoms with Gasteiger partial charge >= 0.3 is 0 Å². The van der Waals surface area contributed by atoms with Crippen LogP contribution in [0.4, 0.5) is 0 Å². The molecule has 0 spiro atoms. The molecule has 8 saturated carbocycles. The number of hydrogen-bond donors (Lipinski definition) is 0. The van der Waals surface area contributed by atoms with E-state index < -0.39 is 0 Å². The van der Waals surface area contributed by atoms with E-state index in [-0.39, 0.29) is 0 Å². The molecule has 0 saturated heterocycles. The summed E-state index contributed by atoms with van der Waals surface area (Å²) in [5.74, 6) is 12.0. The quantitative estimate of drug-likeness (QED) is 0.190. The maximum absolute atomic E-state index is 2.74. The third-order valence-electron chi connectivity index (χ3n) is 17.3. The first kappa shape index (κ1) is 28.1. The Morgan fingerprint density at radius 3 is 1.51 bits per heavy atom. The van der Waals surface area contributed by atoms with Gasteiger partial charge in [-0.3, -0.25) is 0 Å². The lowest BCUT2D eigenvalue weighted by Gasteiger charge is -2.38. The van der Waals surface area contributed by atoms with Crippen molar-refractivity contribution in [2.24, 2.45) is 47.3 Å². The van der Waals surface area contributed by atoms with Crippen LogP contribution >= 0.6 is 11.8 Å². The molecule has 0 nitrogen and oxygen atoms in total. The highest BCUT2D eigenvalue weighted by atomic mass is 32.2. The van der Waals surface area contributed by atoms with E-state index >= 15 is 0 Å². The van der Waals surface area contributed by atoms with Crippen molar-refractivity contribution >= 4 is 46.9 Å². The molecular formula is C44H52B2S. The summed E-state index contributed by atoms with van der Waals surface area (Å²) >= 11 is 2.13. The molecule has 3 aromatic carbocycles. The Kier molecular flexibility index (Phi) is 6.26. The molecule has 12 unspecified atom stereocenters. The fraction of sp³-hybridized carbons (Fsp3) is 0.636. The zero-order valence-electron chi connectivity index (χ0n) is 28.4. The summed E-state index contributed by atoms with van der Waals surface area (Å²) in [6.45, 7) is 1.61. The molecule has 8 aliphatic carbocycles. The average molecular weight is 635 g/mol. The van der Waals surface area contributed by atoms with Gasteiger partial charge in [-0.2, -0.15) is 0 Å². The normalized spacial score (nSPS) is 41.4. The van der Waals surface area contributed by atoms with E-state index in [1.165, 1.54) is 88.2 Å². The zero-order valence-corrected chi connectivity index (χ0v) is 29.2. The van der Waals surface area contributed by atoms with Crippen LogP contribution in [-0.4, -0.2) is 13.4 Å². The van der Waals surface area contributed by atoms with Gasteiger partial charge in [-0.1, -0.05) is 165 Å². The van der Waals surface area contributed by atoms with Gasteiger partial charge in [0.05, 0.1) is 0 Å². The van der Waals surface area contributed by atoms with Crippen LogP contribution in [0.25, 0.3) is 21.9 Å². The molecule has 240 valence electrons. The van der Waals surface area contributed by atoms with E-state index in [1.807, 2.05) is 0 Å². The summed E-state index contributed by atoms with van der Waals surface area (Å²) in [5, 5.41) is 3.23. The topological polar surface area (TPSA) is 0 Å². The van der Waals surface area contributed by atoms with Crippen LogP contribution in [0.15, 0.2) is 58.3 Å². The molecule has 0 aromatic heterocycles.